The molecule has 0 radical (unpaired) electrons. The van der Waals surface area contributed by atoms with Crippen molar-refractivity contribution in [1.29, 1.82) is 5.26 Å². The Balaban J connectivity index is 1.45. The molecule has 0 spiro atoms. The fourth-order valence-corrected chi connectivity index (χ4v) is 4.38. The molecule has 0 bridgehead atoms. The second-order valence-corrected chi connectivity index (χ2v) is 7.91. The van der Waals surface area contributed by atoms with Crippen molar-refractivity contribution in [3.63, 3.8) is 0 Å². The first-order chi connectivity index (χ1) is 15.7. The summed E-state index contributed by atoms with van der Waals surface area (Å²) in [6.45, 7) is 5.51. The van der Waals surface area contributed by atoms with Gasteiger partial charge in [0.05, 0.1) is 30.2 Å². The zero-order chi connectivity index (χ0) is 22.1. The molecular formula is C23H23N7O2. The highest BCUT2D eigenvalue weighted by Crippen LogP contribution is 2.29. The van der Waals surface area contributed by atoms with Crippen LogP contribution >= 0.6 is 0 Å². The average Bonchev–Trinajstić information content (AvgIpc) is 3.24. The van der Waals surface area contributed by atoms with Crippen LogP contribution in [0.25, 0.3) is 5.69 Å². The van der Waals surface area contributed by atoms with Gasteiger partial charge in [-0.25, -0.2) is 9.67 Å². The number of amides is 1. The number of benzene rings is 1. The lowest BCUT2D eigenvalue weighted by Gasteiger charge is -2.31. The summed E-state index contributed by atoms with van der Waals surface area (Å²) in [5.41, 5.74) is 4.96. The Hall–Kier alpha value is -3.77. The van der Waals surface area contributed by atoms with Crippen LogP contribution in [0.4, 0.5) is 5.82 Å². The van der Waals surface area contributed by atoms with Gasteiger partial charge >= 0.3 is 0 Å². The predicted molar refractivity (Wildman–Crippen MR) is 117 cm³/mol. The molecule has 2 aliphatic heterocycles. The maximum absolute atomic E-state index is 12.9. The molecule has 9 heteroatoms. The molecule has 0 saturated carbocycles. The van der Waals surface area contributed by atoms with E-state index in [-0.39, 0.29) is 5.91 Å². The van der Waals surface area contributed by atoms with Gasteiger partial charge in [0.15, 0.2) is 5.69 Å². The van der Waals surface area contributed by atoms with E-state index in [1.807, 2.05) is 19.1 Å². The first kappa shape index (κ1) is 20.2. The Labute approximate surface area is 185 Å². The summed E-state index contributed by atoms with van der Waals surface area (Å²) in [5, 5.41) is 18.0. The number of hydrogen-bond donors (Lipinski definition) is 0. The van der Waals surface area contributed by atoms with Crippen molar-refractivity contribution >= 4 is 11.7 Å². The number of morpholine rings is 1. The molecule has 3 aromatic rings. The van der Waals surface area contributed by atoms with Crippen LogP contribution in [0.3, 0.4) is 0 Å². The molecule has 1 amide bonds. The summed E-state index contributed by atoms with van der Waals surface area (Å²) in [7, 11) is 0. The molecule has 1 saturated heterocycles. The molecule has 0 unspecified atom stereocenters. The maximum atomic E-state index is 12.9. The van der Waals surface area contributed by atoms with Crippen LogP contribution in [-0.2, 0) is 17.7 Å². The van der Waals surface area contributed by atoms with Crippen LogP contribution in [-0.4, -0.2) is 63.6 Å². The summed E-state index contributed by atoms with van der Waals surface area (Å²) in [4.78, 5) is 21.3. The number of carbonyl (C=O) groups excluding carboxylic acids is 1. The molecule has 1 aromatic carbocycles. The van der Waals surface area contributed by atoms with E-state index in [1.165, 1.54) is 5.56 Å². The second-order valence-electron chi connectivity index (χ2n) is 7.91. The van der Waals surface area contributed by atoms with E-state index in [0.717, 1.165) is 29.9 Å². The van der Waals surface area contributed by atoms with Crippen molar-refractivity contribution in [3.8, 4) is 11.8 Å². The van der Waals surface area contributed by atoms with Gasteiger partial charge in [-0.15, -0.1) is 5.10 Å². The minimum Gasteiger partial charge on any atom is -0.378 e. The minimum atomic E-state index is -0.104. The third kappa shape index (κ3) is 3.48. The number of nitrogens with zero attached hydrogens (tertiary/aromatic N) is 7. The Morgan fingerprint density at radius 1 is 1.16 bits per heavy atom. The van der Waals surface area contributed by atoms with E-state index >= 15 is 0 Å². The molecule has 0 aliphatic carbocycles. The van der Waals surface area contributed by atoms with Crippen LogP contribution in [0.1, 0.15) is 32.9 Å². The number of pyridine rings is 1. The van der Waals surface area contributed by atoms with E-state index in [4.69, 9.17) is 4.74 Å². The van der Waals surface area contributed by atoms with Gasteiger partial charge in [0.2, 0.25) is 0 Å². The van der Waals surface area contributed by atoms with Crippen molar-refractivity contribution in [2.75, 3.05) is 37.7 Å². The van der Waals surface area contributed by atoms with Crippen molar-refractivity contribution in [2.24, 2.45) is 0 Å². The van der Waals surface area contributed by atoms with Gasteiger partial charge < -0.3 is 14.5 Å². The molecule has 2 aliphatic rings. The van der Waals surface area contributed by atoms with E-state index in [2.05, 4.69) is 32.3 Å². The zero-order valence-electron chi connectivity index (χ0n) is 17.9. The van der Waals surface area contributed by atoms with Crippen LogP contribution in [0, 0.1) is 18.3 Å². The Morgan fingerprint density at radius 2 is 2.00 bits per heavy atom. The van der Waals surface area contributed by atoms with E-state index in [0.29, 0.717) is 49.9 Å². The van der Waals surface area contributed by atoms with Gasteiger partial charge in [-0.2, -0.15) is 5.26 Å². The van der Waals surface area contributed by atoms with Gasteiger partial charge in [0.1, 0.15) is 11.9 Å². The summed E-state index contributed by atoms with van der Waals surface area (Å²) in [5.74, 6) is 0.605. The standard InChI is InChI=1S/C23H23N7O2/c1-16-21(23(31)28-10-12-32-13-11-28)26-27-30(16)20-6-2-4-18-15-29(9-7-19(18)20)22-17(14-24)5-3-8-25-22/h2-6,8H,7,9-13,15H2,1H3. The highest BCUT2D eigenvalue weighted by molar-refractivity contribution is 5.93. The van der Waals surface area contributed by atoms with Crippen molar-refractivity contribution in [1.82, 2.24) is 24.9 Å². The number of nitriles is 1. The van der Waals surface area contributed by atoms with Gasteiger partial charge in [-0.1, -0.05) is 17.3 Å². The van der Waals surface area contributed by atoms with Crippen molar-refractivity contribution in [2.45, 2.75) is 19.9 Å². The van der Waals surface area contributed by atoms with Gasteiger partial charge in [0, 0.05) is 32.4 Å². The zero-order valence-corrected chi connectivity index (χ0v) is 17.9. The highest BCUT2D eigenvalue weighted by atomic mass is 16.5. The highest BCUT2D eigenvalue weighted by Gasteiger charge is 2.27. The van der Waals surface area contributed by atoms with Gasteiger partial charge in [0.25, 0.3) is 5.91 Å². The number of fused-ring (bicyclic) bond motifs is 1. The third-order valence-electron chi connectivity index (χ3n) is 6.07. The quantitative estimate of drug-likeness (QED) is 0.627. The summed E-state index contributed by atoms with van der Waals surface area (Å²) in [6, 6.07) is 11.9. The van der Waals surface area contributed by atoms with E-state index in [9.17, 15) is 10.1 Å². The molecule has 0 N–H and O–H groups in total. The molecule has 5 rings (SSSR count). The molecule has 0 atom stereocenters. The van der Waals surface area contributed by atoms with E-state index in [1.54, 1.807) is 27.9 Å². The number of ether oxygens (including phenoxy) is 1. The summed E-state index contributed by atoms with van der Waals surface area (Å²) in [6.07, 6.45) is 2.49. The monoisotopic (exact) mass is 429 g/mol. The number of rotatable bonds is 3. The van der Waals surface area contributed by atoms with Crippen molar-refractivity contribution in [3.05, 3.63) is 64.6 Å². The van der Waals surface area contributed by atoms with Crippen LogP contribution in [0.15, 0.2) is 36.5 Å². The molecule has 1 fully saturated rings. The van der Waals surface area contributed by atoms with E-state index < -0.39 is 0 Å². The predicted octanol–water partition coefficient (Wildman–Crippen LogP) is 1.88. The molecule has 32 heavy (non-hydrogen) atoms. The lowest BCUT2D eigenvalue weighted by molar-refractivity contribution is 0.0298. The lowest BCUT2D eigenvalue weighted by Crippen LogP contribution is -2.41. The Morgan fingerprint density at radius 3 is 2.81 bits per heavy atom. The van der Waals surface area contributed by atoms with Crippen LogP contribution in [0.2, 0.25) is 0 Å². The lowest BCUT2D eigenvalue weighted by atomic mass is 9.97. The molecule has 162 valence electrons. The van der Waals surface area contributed by atoms with Crippen LogP contribution < -0.4 is 4.90 Å². The normalized spacial score (nSPS) is 15.9. The summed E-state index contributed by atoms with van der Waals surface area (Å²) >= 11 is 0. The minimum absolute atomic E-state index is 0.104. The average molecular weight is 429 g/mol. The molecule has 2 aromatic heterocycles. The molecule has 4 heterocycles. The largest absolute Gasteiger partial charge is 0.378 e. The SMILES string of the molecule is Cc1c(C(=O)N2CCOCC2)nnn1-c1cccc2c1CCN(c1ncccc1C#N)C2. The number of hydrogen-bond acceptors (Lipinski definition) is 7. The smallest absolute Gasteiger partial charge is 0.276 e. The number of aromatic nitrogens is 4. The first-order valence-electron chi connectivity index (χ1n) is 10.7. The number of carbonyl (C=O) groups is 1. The van der Waals surface area contributed by atoms with Crippen molar-refractivity contribution < 1.29 is 9.53 Å². The first-order valence-corrected chi connectivity index (χ1v) is 10.7. The molecular weight excluding hydrogens is 406 g/mol. The molecule has 9 nitrogen and oxygen atoms in total. The fourth-order valence-electron chi connectivity index (χ4n) is 4.38. The topological polar surface area (TPSA) is 100 Å². The maximum Gasteiger partial charge on any atom is 0.276 e. The Bertz CT molecular complexity index is 1210. The summed E-state index contributed by atoms with van der Waals surface area (Å²) < 4.78 is 7.11. The van der Waals surface area contributed by atoms with Crippen LogP contribution in [0.5, 0.6) is 0 Å². The third-order valence-corrected chi connectivity index (χ3v) is 6.07. The number of anilines is 1. The van der Waals surface area contributed by atoms with Gasteiger partial charge in [-0.05, 0) is 42.7 Å². The van der Waals surface area contributed by atoms with Gasteiger partial charge in [-0.3, -0.25) is 4.79 Å². The second kappa shape index (κ2) is 8.40. The fraction of sp³-hybridized carbons (Fsp3) is 0.348. The Kier molecular flexibility index (Phi) is 5.29.